The van der Waals surface area contributed by atoms with Gasteiger partial charge in [-0.3, -0.25) is 9.59 Å². The predicted molar refractivity (Wildman–Crippen MR) is 111 cm³/mol. The first kappa shape index (κ1) is 21.8. The van der Waals surface area contributed by atoms with Gasteiger partial charge in [0.2, 0.25) is 0 Å². The molecule has 2 N–H and O–H groups in total. The molecule has 0 aliphatic rings. The molecule has 3 rings (SSSR count). The number of carbonyl (C=O) groups is 3. The molecule has 2 aromatic carbocycles. The van der Waals surface area contributed by atoms with Crippen molar-refractivity contribution in [2.45, 2.75) is 26.0 Å². The number of rotatable bonds is 7. The molecule has 0 bridgehead atoms. The molecule has 0 aliphatic heterocycles. The number of hydrogen-bond donors (Lipinski definition) is 2. The molecule has 2 atom stereocenters. The summed E-state index contributed by atoms with van der Waals surface area (Å²) in [5, 5.41) is 5.36. The van der Waals surface area contributed by atoms with E-state index in [2.05, 4.69) is 10.6 Å². The van der Waals surface area contributed by atoms with E-state index in [0.29, 0.717) is 5.69 Å². The highest BCUT2D eigenvalue weighted by Gasteiger charge is 2.21. The summed E-state index contributed by atoms with van der Waals surface area (Å²) in [4.78, 5) is 36.6. The summed E-state index contributed by atoms with van der Waals surface area (Å²) in [5.41, 5.74) is 1.42. The molecule has 2 unspecified atom stereocenters. The minimum Gasteiger partial charge on any atom is -0.459 e. The highest BCUT2D eigenvalue weighted by molar-refractivity contribution is 6.02. The van der Waals surface area contributed by atoms with Crippen LogP contribution in [0.1, 0.15) is 46.4 Å². The number of amides is 2. The van der Waals surface area contributed by atoms with E-state index < -0.39 is 23.9 Å². The second kappa shape index (κ2) is 9.71. The lowest BCUT2D eigenvalue weighted by molar-refractivity contribution is -0.129. The highest BCUT2D eigenvalue weighted by atomic mass is 19.1. The second-order valence-electron chi connectivity index (χ2n) is 6.84. The van der Waals surface area contributed by atoms with E-state index in [-0.39, 0.29) is 23.2 Å². The number of ether oxygens (including phenoxy) is 1. The number of benzene rings is 2. The molecule has 7 nitrogen and oxygen atoms in total. The van der Waals surface area contributed by atoms with E-state index >= 15 is 0 Å². The van der Waals surface area contributed by atoms with Crippen LogP contribution in [-0.4, -0.2) is 23.9 Å². The van der Waals surface area contributed by atoms with Gasteiger partial charge in [0, 0.05) is 5.69 Å². The van der Waals surface area contributed by atoms with E-state index in [1.165, 1.54) is 43.5 Å². The SMILES string of the molecule is CC(OC(=O)c1ccc(NC(=O)c2ccco2)cc1)C(=O)NC(C)c1ccc(F)cc1. The van der Waals surface area contributed by atoms with Crippen molar-refractivity contribution in [1.29, 1.82) is 0 Å². The molecule has 2 amide bonds. The second-order valence-corrected chi connectivity index (χ2v) is 6.84. The number of furan rings is 1. The fourth-order valence-electron chi connectivity index (χ4n) is 2.74. The van der Waals surface area contributed by atoms with Gasteiger partial charge in [0.1, 0.15) is 5.82 Å². The molecule has 0 fully saturated rings. The predicted octanol–water partition coefficient (Wildman–Crippen LogP) is 4.09. The summed E-state index contributed by atoms with van der Waals surface area (Å²) in [6.45, 7) is 3.21. The van der Waals surface area contributed by atoms with E-state index in [9.17, 15) is 18.8 Å². The van der Waals surface area contributed by atoms with Crippen LogP contribution in [0.2, 0.25) is 0 Å². The van der Waals surface area contributed by atoms with Crippen LogP contribution in [0.3, 0.4) is 0 Å². The van der Waals surface area contributed by atoms with E-state index in [0.717, 1.165) is 5.56 Å². The Bertz CT molecular complexity index is 1050. The highest BCUT2D eigenvalue weighted by Crippen LogP contribution is 2.15. The largest absolute Gasteiger partial charge is 0.459 e. The molecule has 160 valence electrons. The lowest BCUT2D eigenvalue weighted by atomic mass is 10.1. The van der Waals surface area contributed by atoms with Gasteiger partial charge in [0.15, 0.2) is 11.9 Å². The van der Waals surface area contributed by atoms with Gasteiger partial charge < -0.3 is 19.8 Å². The van der Waals surface area contributed by atoms with Crippen molar-refractivity contribution in [3.8, 4) is 0 Å². The van der Waals surface area contributed by atoms with Crippen LogP contribution in [0, 0.1) is 5.82 Å². The average Bonchev–Trinajstić information content (AvgIpc) is 3.29. The standard InChI is InChI=1S/C23H21FN2O5/c1-14(16-5-9-18(24)10-6-16)25-21(27)15(2)31-23(29)17-7-11-19(12-8-17)26-22(28)20-4-3-13-30-20/h3-15H,1-2H3,(H,25,27)(H,26,28). The monoisotopic (exact) mass is 424 g/mol. The third kappa shape index (κ3) is 5.79. The van der Waals surface area contributed by atoms with Gasteiger partial charge in [-0.2, -0.15) is 0 Å². The number of hydrogen-bond acceptors (Lipinski definition) is 5. The summed E-state index contributed by atoms with van der Waals surface area (Å²) < 4.78 is 23.3. The van der Waals surface area contributed by atoms with Gasteiger partial charge in [0.25, 0.3) is 11.8 Å². The summed E-state index contributed by atoms with van der Waals surface area (Å²) in [7, 11) is 0. The van der Waals surface area contributed by atoms with E-state index in [1.807, 2.05) is 0 Å². The smallest absolute Gasteiger partial charge is 0.338 e. The normalized spacial score (nSPS) is 12.5. The van der Waals surface area contributed by atoms with Crippen molar-refractivity contribution in [3.05, 3.63) is 89.6 Å². The van der Waals surface area contributed by atoms with Crippen molar-refractivity contribution >= 4 is 23.5 Å². The summed E-state index contributed by atoms with van der Waals surface area (Å²) in [5.74, 6) is -1.77. The number of anilines is 1. The third-order valence-corrected chi connectivity index (χ3v) is 4.51. The lowest BCUT2D eigenvalue weighted by Gasteiger charge is -2.18. The maximum atomic E-state index is 13.0. The van der Waals surface area contributed by atoms with Gasteiger partial charge in [-0.1, -0.05) is 12.1 Å². The Hall–Kier alpha value is -3.94. The molecule has 3 aromatic rings. The Morgan fingerprint density at radius 1 is 0.968 bits per heavy atom. The Labute approximate surface area is 178 Å². The maximum absolute atomic E-state index is 13.0. The van der Waals surface area contributed by atoms with E-state index in [4.69, 9.17) is 9.15 Å². The van der Waals surface area contributed by atoms with Gasteiger partial charge in [0.05, 0.1) is 17.9 Å². The van der Waals surface area contributed by atoms with Gasteiger partial charge >= 0.3 is 5.97 Å². The molecule has 0 spiro atoms. The topological polar surface area (TPSA) is 97.6 Å². The number of halogens is 1. The molecular formula is C23H21FN2O5. The zero-order chi connectivity index (χ0) is 22.4. The number of esters is 1. The molecule has 0 radical (unpaired) electrons. The first-order chi connectivity index (χ1) is 14.8. The lowest BCUT2D eigenvalue weighted by Crippen LogP contribution is -2.37. The summed E-state index contributed by atoms with van der Waals surface area (Å²) in [6, 6.07) is 14.5. The van der Waals surface area contributed by atoms with Crippen LogP contribution in [0.5, 0.6) is 0 Å². The molecule has 8 heteroatoms. The van der Waals surface area contributed by atoms with Crippen LogP contribution in [0.25, 0.3) is 0 Å². The van der Waals surface area contributed by atoms with Crippen LogP contribution < -0.4 is 10.6 Å². The van der Waals surface area contributed by atoms with Crippen molar-refractivity contribution in [2.75, 3.05) is 5.32 Å². The van der Waals surface area contributed by atoms with Crippen LogP contribution in [0.15, 0.2) is 71.3 Å². The molecule has 0 saturated carbocycles. The van der Waals surface area contributed by atoms with Crippen LogP contribution in [0.4, 0.5) is 10.1 Å². The molecule has 1 heterocycles. The van der Waals surface area contributed by atoms with Gasteiger partial charge in [-0.05, 0) is 67.9 Å². The maximum Gasteiger partial charge on any atom is 0.338 e. The fraction of sp³-hybridized carbons (Fsp3) is 0.174. The van der Waals surface area contributed by atoms with Crippen LogP contribution in [-0.2, 0) is 9.53 Å². The van der Waals surface area contributed by atoms with Crippen LogP contribution >= 0.6 is 0 Å². The Balaban J connectivity index is 1.53. The van der Waals surface area contributed by atoms with Crippen molar-refractivity contribution in [2.24, 2.45) is 0 Å². The number of carbonyl (C=O) groups excluding carboxylic acids is 3. The zero-order valence-electron chi connectivity index (χ0n) is 16.9. The minimum atomic E-state index is -1.03. The first-order valence-electron chi connectivity index (χ1n) is 9.55. The quantitative estimate of drug-likeness (QED) is 0.557. The summed E-state index contributed by atoms with van der Waals surface area (Å²) >= 11 is 0. The first-order valence-corrected chi connectivity index (χ1v) is 9.55. The van der Waals surface area contributed by atoms with Crippen molar-refractivity contribution < 1.29 is 27.9 Å². The third-order valence-electron chi connectivity index (χ3n) is 4.51. The molecule has 0 aliphatic carbocycles. The van der Waals surface area contributed by atoms with Crippen molar-refractivity contribution in [3.63, 3.8) is 0 Å². The molecule has 0 saturated heterocycles. The Kier molecular flexibility index (Phi) is 6.81. The Morgan fingerprint density at radius 3 is 2.26 bits per heavy atom. The molecule has 1 aromatic heterocycles. The summed E-state index contributed by atoms with van der Waals surface area (Å²) in [6.07, 6.45) is 0.361. The fourth-order valence-corrected chi connectivity index (χ4v) is 2.74. The zero-order valence-corrected chi connectivity index (χ0v) is 16.9. The average molecular weight is 424 g/mol. The molecular weight excluding hydrogens is 403 g/mol. The minimum absolute atomic E-state index is 0.165. The molecule has 31 heavy (non-hydrogen) atoms. The van der Waals surface area contributed by atoms with Gasteiger partial charge in [-0.15, -0.1) is 0 Å². The van der Waals surface area contributed by atoms with Gasteiger partial charge in [-0.25, -0.2) is 9.18 Å². The number of nitrogens with one attached hydrogen (secondary N) is 2. The van der Waals surface area contributed by atoms with Crippen molar-refractivity contribution in [1.82, 2.24) is 5.32 Å². The van der Waals surface area contributed by atoms with E-state index in [1.54, 1.807) is 37.3 Å². The Morgan fingerprint density at radius 2 is 1.65 bits per heavy atom.